The molecule has 0 spiro atoms. The van der Waals surface area contributed by atoms with Crippen molar-refractivity contribution in [2.24, 2.45) is 0 Å². The van der Waals surface area contributed by atoms with Crippen molar-refractivity contribution < 1.29 is 0 Å². The van der Waals surface area contributed by atoms with Crippen LogP contribution in [0.3, 0.4) is 0 Å². The highest BCUT2D eigenvalue weighted by atomic mass is 32.2. The standard InChI is InChI=1S/C16H31N3S2/c1-8-9-13-14(10-17-16(3,4)5)21-15(18-13)19(6)12(2)11-20-7/h12,17H,8-11H2,1-7H3. The SMILES string of the molecule is CCCc1nc(N(C)C(C)CSC)sc1CNC(C)(C)C. The maximum atomic E-state index is 4.90. The monoisotopic (exact) mass is 329 g/mol. The number of aromatic nitrogens is 1. The minimum atomic E-state index is 0.145. The highest BCUT2D eigenvalue weighted by Gasteiger charge is 2.18. The Kier molecular flexibility index (Phi) is 7.51. The van der Waals surface area contributed by atoms with Crippen LogP contribution in [-0.4, -0.2) is 35.6 Å². The Morgan fingerprint density at radius 2 is 2.05 bits per heavy atom. The molecule has 1 atom stereocenters. The Morgan fingerprint density at radius 1 is 1.38 bits per heavy atom. The molecule has 0 bridgehead atoms. The molecule has 0 saturated carbocycles. The zero-order valence-electron chi connectivity index (χ0n) is 14.6. The molecule has 1 aromatic heterocycles. The lowest BCUT2D eigenvalue weighted by molar-refractivity contribution is 0.425. The summed E-state index contributed by atoms with van der Waals surface area (Å²) in [5, 5.41) is 4.75. The van der Waals surface area contributed by atoms with Crippen LogP contribution in [0.5, 0.6) is 0 Å². The van der Waals surface area contributed by atoms with Gasteiger partial charge in [0.25, 0.3) is 0 Å². The van der Waals surface area contributed by atoms with Gasteiger partial charge < -0.3 is 10.2 Å². The van der Waals surface area contributed by atoms with E-state index >= 15 is 0 Å². The van der Waals surface area contributed by atoms with E-state index in [1.54, 1.807) is 0 Å². The van der Waals surface area contributed by atoms with Crippen molar-refractivity contribution in [3.05, 3.63) is 10.6 Å². The lowest BCUT2D eigenvalue weighted by Gasteiger charge is -2.23. The van der Waals surface area contributed by atoms with Crippen molar-refractivity contribution in [1.82, 2.24) is 10.3 Å². The normalized spacial score (nSPS) is 13.5. The molecule has 0 amide bonds. The maximum Gasteiger partial charge on any atom is 0.185 e. The van der Waals surface area contributed by atoms with Crippen LogP contribution in [0.4, 0.5) is 5.13 Å². The van der Waals surface area contributed by atoms with Crippen LogP contribution in [0.25, 0.3) is 0 Å². The van der Waals surface area contributed by atoms with Gasteiger partial charge in [0.05, 0.1) is 5.69 Å². The summed E-state index contributed by atoms with van der Waals surface area (Å²) >= 11 is 3.74. The molecule has 0 aliphatic carbocycles. The van der Waals surface area contributed by atoms with Gasteiger partial charge >= 0.3 is 0 Å². The molecule has 0 aliphatic rings. The van der Waals surface area contributed by atoms with E-state index in [-0.39, 0.29) is 5.54 Å². The summed E-state index contributed by atoms with van der Waals surface area (Å²) in [4.78, 5) is 8.61. The van der Waals surface area contributed by atoms with E-state index in [0.29, 0.717) is 6.04 Å². The van der Waals surface area contributed by atoms with E-state index < -0.39 is 0 Å². The maximum absolute atomic E-state index is 4.90. The van der Waals surface area contributed by atoms with Crippen LogP contribution >= 0.6 is 23.1 Å². The highest BCUT2D eigenvalue weighted by Crippen LogP contribution is 2.28. The number of rotatable bonds is 8. The van der Waals surface area contributed by atoms with Gasteiger partial charge in [-0.2, -0.15) is 11.8 Å². The van der Waals surface area contributed by atoms with Gasteiger partial charge in [0, 0.05) is 35.8 Å². The summed E-state index contributed by atoms with van der Waals surface area (Å²) in [7, 11) is 2.16. The average molecular weight is 330 g/mol. The number of anilines is 1. The third-order valence-electron chi connectivity index (χ3n) is 3.40. The first-order valence-electron chi connectivity index (χ1n) is 7.73. The van der Waals surface area contributed by atoms with Crippen LogP contribution in [0.1, 0.15) is 51.6 Å². The summed E-state index contributed by atoms with van der Waals surface area (Å²) < 4.78 is 0. The Morgan fingerprint density at radius 3 is 2.57 bits per heavy atom. The molecule has 122 valence electrons. The number of thiazole rings is 1. The van der Waals surface area contributed by atoms with Gasteiger partial charge in [-0.05, 0) is 40.4 Å². The second kappa shape index (κ2) is 8.39. The molecule has 0 aromatic carbocycles. The fraction of sp³-hybridized carbons (Fsp3) is 0.812. The Bertz CT molecular complexity index is 424. The van der Waals surface area contributed by atoms with Crippen molar-refractivity contribution in [2.45, 2.75) is 65.6 Å². The molecule has 0 fully saturated rings. The van der Waals surface area contributed by atoms with Crippen LogP contribution in [0.15, 0.2) is 0 Å². The van der Waals surface area contributed by atoms with Crippen molar-refractivity contribution in [1.29, 1.82) is 0 Å². The summed E-state index contributed by atoms with van der Waals surface area (Å²) in [6.07, 6.45) is 4.38. The fourth-order valence-electron chi connectivity index (χ4n) is 1.98. The van der Waals surface area contributed by atoms with Crippen LogP contribution in [0, 0.1) is 0 Å². The number of aryl methyl sites for hydroxylation is 1. The number of nitrogens with zero attached hydrogens (tertiary/aromatic N) is 2. The molecule has 21 heavy (non-hydrogen) atoms. The summed E-state index contributed by atoms with van der Waals surface area (Å²) in [6, 6.07) is 0.518. The number of nitrogens with one attached hydrogen (secondary N) is 1. The smallest absolute Gasteiger partial charge is 0.185 e. The van der Waals surface area contributed by atoms with Gasteiger partial charge in [0.15, 0.2) is 5.13 Å². The van der Waals surface area contributed by atoms with Gasteiger partial charge in [0.1, 0.15) is 0 Å². The quantitative estimate of drug-likeness (QED) is 0.775. The molecule has 0 saturated heterocycles. The summed E-state index contributed by atoms with van der Waals surface area (Å²) in [5.74, 6) is 1.13. The molecule has 3 nitrogen and oxygen atoms in total. The van der Waals surface area contributed by atoms with E-state index in [9.17, 15) is 0 Å². The minimum absolute atomic E-state index is 0.145. The Balaban J connectivity index is 2.87. The molecule has 1 rings (SSSR count). The average Bonchev–Trinajstić information content (AvgIpc) is 2.78. The van der Waals surface area contributed by atoms with E-state index in [1.807, 2.05) is 23.1 Å². The van der Waals surface area contributed by atoms with Gasteiger partial charge in [-0.3, -0.25) is 0 Å². The van der Waals surface area contributed by atoms with Crippen molar-refractivity contribution in [2.75, 3.05) is 24.0 Å². The first-order chi connectivity index (χ1) is 9.78. The van der Waals surface area contributed by atoms with Gasteiger partial charge in [-0.15, -0.1) is 11.3 Å². The first-order valence-corrected chi connectivity index (χ1v) is 9.95. The lowest BCUT2D eigenvalue weighted by atomic mass is 10.1. The third kappa shape index (κ3) is 6.17. The second-order valence-corrected chi connectivity index (χ2v) is 8.61. The van der Waals surface area contributed by atoms with Gasteiger partial charge in [-0.1, -0.05) is 13.3 Å². The van der Waals surface area contributed by atoms with Crippen molar-refractivity contribution >= 4 is 28.2 Å². The second-order valence-electron chi connectivity index (χ2n) is 6.64. The van der Waals surface area contributed by atoms with E-state index in [4.69, 9.17) is 4.98 Å². The molecular formula is C16H31N3S2. The number of thioether (sulfide) groups is 1. The van der Waals surface area contributed by atoms with E-state index in [2.05, 4.69) is 58.1 Å². The molecule has 0 aliphatic heterocycles. The van der Waals surface area contributed by atoms with Crippen LogP contribution in [-0.2, 0) is 13.0 Å². The van der Waals surface area contributed by atoms with Crippen LogP contribution < -0.4 is 10.2 Å². The zero-order valence-corrected chi connectivity index (χ0v) is 16.2. The van der Waals surface area contributed by atoms with Crippen molar-refractivity contribution in [3.63, 3.8) is 0 Å². The largest absolute Gasteiger partial charge is 0.348 e. The number of hydrogen-bond acceptors (Lipinski definition) is 5. The highest BCUT2D eigenvalue weighted by molar-refractivity contribution is 7.98. The molecule has 0 radical (unpaired) electrons. The minimum Gasteiger partial charge on any atom is -0.348 e. The number of hydrogen-bond donors (Lipinski definition) is 1. The van der Waals surface area contributed by atoms with Crippen molar-refractivity contribution in [3.8, 4) is 0 Å². The van der Waals surface area contributed by atoms with Gasteiger partial charge in [0.2, 0.25) is 0 Å². The van der Waals surface area contributed by atoms with Gasteiger partial charge in [-0.25, -0.2) is 4.98 Å². The predicted molar refractivity (Wildman–Crippen MR) is 98.9 cm³/mol. The Labute approximate surface area is 138 Å². The molecule has 1 N–H and O–H groups in total. The fourth-order valence-corrected chi connectivity index (χ4v) is 3.79. The third-order valence-corrected chi connectivity index (χ3v) is 5.41. The summed E-state index contributed by atoms with van der Waals surface area (Å²) in [5.41, 5.74) is 1.42. The molecule has 1 heterocycles. The lowest BCUT2D eigenvalue weighted by Crippen LogP contribution is -2.35. The molecular weight excluding hydrogens is 298 g/mol. The van der Waals surface area contributed by atoms with Crippen LogP contribution in [0.2, 0.25) is 0 Å². The van der Waals surface area contributed by atoms with E-state index in [0.717, 1.165) is 30.3 Å². The molecule has 5 heteroatoms. The Hall–Kier alpha value is -0.260. The van der Waals surface area contributed by atoms with E-state index in [1.165, 1.54) is 10.6 Å². The predicted octanol–water partition coefficient (Wildman–Crippen LogP) is 4.17. The molecule has 1 unspecified atom stereocenters. The first kappa shape index (κ1) is 18.8. The topological polar surface area (TPSA) is 28.2 Å². The molecule has 1 aromatic rings. The zero-order chi connectivity index (χ0) is 16.0. The summed E-state index contributed by atoms with van der Waals surface area (Å²) in [6.45, 7) is 12.0.